The Hall–Kier alpha value is -1.65. The summed E-state index contributed by atoms with van der Waals surface area (Å²) in [6, 6.07) is 0. The lowest BCUT2D eigenvalue weighted by Gasteiger charge is -2.27. The number of aromatic nitrogens is 4. The first kappa shape index (κ1) is 14.3. The van der Waals surface area contributed by atoms with E-state index in [1.807, 2.05) is 0 Å². The van der Waals surface area contributed by atoms with E-state index in [1.165, 1.54) is 17.2 Å². The van der Waals surface area contributed by atoms with Crippen LogP contribution in [0, 0.1) is 6.92 Å². The molecule has 0 aliphatic carbocycles. The number of imidazole rings is 1. The summed E-state index contributed by atoms with van der Waals surface area (Å²) in [6.07, 6.45) is -1.01. The Bertz CT molecular complexity index is 656. The molecule has 2 aromatic heterocycles. The van der Waals surface area contributed by atoms with Gasteiger partial charge in [-0.05, 0) is 6.92 Å². The van der Waals surface area contributed by atoms with Crippen LogP contribution < -0.4 is 0 Å². The molecule has 3 atom stereocenters. The van der Waals surface area contributed by atoms with Gasteiger partial charge in [-0.25, -0.2) is 15.0 Å². The van der Waals surface area contributed by atoms with Crippen LogP contribution in [0.15, 0.2) is 12.7 Å². The van der Waals surface area contributed by atoms with Crippen molar-refractivity contribution >= 4 is 11.2 Å². The molecule has 4 N–H and O–H groups in total. The van der Waals surface area contributed by atoms with Crippen molar-refractivity contribution in [1.29, 1.82) is 0 Å². The summed E-state index contributed by atoms with van der Waals surface area (Å²) >= 11 is 0. The van der Waals surface area contributed by atoms with Crippen LogP contribution in [-0.2, 0) is 4.74 Å². The fraction of sp³-hybridized carbons (Fsp3) is 0.583. The first-order valence-corrected chi connectivity index (χ1v) is 6.44. The Kier molecular flexibility index (Phi) is 3.38. The predicted molar refractivity (Wildman–Crippen MR) is 69.1 cm³/mol. The zero-order chi connectivity index (χ0) is 15.2. The van der Waals surface area contributed by atoms with Crippen molar-refractivity contribution in [2.75, 3.05) is 13.2 Å². The summed E-state index contributed by atoms with van der Waals surface area (Å²) in [6.45, 7) is 0.519. The standard InChI is InChI=1S/C12H16N4O5/c1-6-7-10(14-4-13-6)16(5-15-7)11-8(19)9(20)12(2-17,3-18)21-11/h4-5,8-9,11,17-20H,2-3H2,1H3/t8-,9+,11-/m1/s1. The van der Waals surface area contributed by atoms with Gasteiger partial charge in [0.15, 0.2) is 11.9 Å². The Morgan fingerprint density at radius 3 is 2.57 bits per heavy atom. The highest BCUT2D eigenvalue weighted by molar-refractivity contribution is 5.72. The van der Waals surface area contributed by atoms with Crippen molar-refractivity contribution in [1.82, 2.24) is 19.5 Å². The Morgan fingerprint density at radius 1 is 1.24 bits per heavy atom. The van der Waals surface area contributed by atoms with Crippen LogP contribution in [0.3, 0.4) is 0 Å². The van der Waals surface area contributed by atoms with Crippen LogP contribution in [0.5, 0.6) is 0 Å². The van der Waals surface area contributed by atoms with E-state index in [4.69, 9.17) is 4.74 Å². The average Bonchev–Trinajstić information content (AvgIpc) is 3.02. The van der Waals surface area contributed by atoms with Gasteiger partial charge in [0.1, 0.15) is 29.7 Å². The number of rotatable bonds is 3. The maximum absolute atomic E-state index is 10.2. The highest BCUT2D eigenvalue weighted by atomic mass is 16.6. The number of aliphatic hydroxyl groups excluding tert-OH is 4. The van der Waals surface area contributed by atoms with E-state index in [9.17, 15) is 20.4 Å². The number of fused-ring (bicyclic) bond motifs is 1. The van der Waals surface area contributed by atoms with Crippen LogP contribution in [0.25, 0.3) is 11.2 Å². The molecule has 1 fully saturated rings. The third kappa shape index (κ3) is 1.93. The first-order chi connectivity index (χ1) is 10.0. The minimum Gasteiger partial charge on any atom is -0.393 e. The third-order valence-electron chi connectivity index (χ3n) is 3.86. The molecule has 9 nitrogen and oxygen atoms in total. The van der Waals surface area contributed by atoms with E-state index in [1.54, 1.807) is 6.92 Å². The summed E-state index contributed by atoms with van der Waals surface area (Å²) in [7, 11) is 0. The van der Waals surface area contributed by atoms with Crippen LogP contribution in [0.2, 0.25) is 0 Å². The molecule has 0 unspecified atom stereocenters. The Balaban J connectivity index is 2.06. The monoisotopic (exact) mass is 296 g/mol. The van der Waals surface area contributed by atoms with Crippen molar-refractivity contribution in [2.24, 2.45) is 0 Å². The van der Waals surface area contributed by atoms with E-state index in [2.05, 4.69) is 15.0 Å². The molecule has 9 heteroatoms. The molecule has 0 aromatic carbocycles. The second-order valence-corrected chi connectivity index (χ2v) is 5.11. The zero-order valence-corrected chi connectivity index (χ0v) is 11.3. The molecule has 1 aliphatic rings. The molecule has 3 heterocycles. The van der Waals surface area contributed by atoms with Crippen molar-refractivity contribution in [3.8, 4) is 0 Å². The topological polar surface area (TPSA) is 134 Å². The maximum Gasteiger partial charge on any atom is 0.166 e. The van der Waals surface area contributed by atoms with Crippen molar-refractivity contribution in [3.63, 3.8) is 0 Å². The van der Waals surface area contributed by atoms with Crippen LogP contribution in [0.1, 0.15) is 11.9 Å². The molecule has 0 radical (unpaired) electrons. The number of hydrogen-bond acceptors (Lipinski definition) is 8. The predicted octanol–water partition coefficient (Wildman–Crippen LogP) is -1.89. The van der Waals surface area contributed by atoms with E-state index in [0.717, 1.165) is 0 Å². The summed E-state index contributed by atoms with van der Waals surface area (Å²) in [5.41, 5.74) is 0.0315. The molecule has 3 rings (SSSR count). The van der Waals surface area contributed by atoms with Crippen LogP contribution in [-0.4, -0.2) is 71.0 Å². The van der Waals surface area contributed by atoms with E-state index >= 15 is 0 Å². The van der Waals surface area contributed by atoms with Gasteiger partial charge in [-0.3, -0.25) is 4.57 Å². The van der Waals surface area contributed by atoms with Gasteiger partial charge in [0.25, 0.3) is 0 Å². The molecule has 0 saturated carbocycles. The number of aliphatic hydroxyl groups is 4. The molecule has 114 valence electrons. The minimum atomic E-state index is -1.62. The van der Waals surface area contributed by atoms with E-state index < -0.39 is 37.3 Å². The summed E-state index contributed by atoms with van der Waals surface area (Å²) in [5.74, 6) is 0. The second-order valence-electron chi connectivity index (χ2n) is 5.11. The minimum absolute atomic E-state index is 0.436. The van der Waals surface area contributed by atoms with E-state index in [0.29, 0.717) is 16.9 Å². The highest BCUT2D eigenvalue weighted by Gasteiger charge is 2.54. The van der Waals surface area contributed by atoms with Gasteiger partial charge in [-0.2, -0.15) is 0 Å². The normalized spacial score (nSPS) is 28.3. The van der Waals surface area contributed by atoms with Gasteiger partial charge in [-0.1, -0.05) is 0 Å². The van der Waals surface area contributed by atoms with Gasteiger partial charge >= 0.3 is 0 Å². The summed E-state index contributed by atoms with van der Waals surface area (Å²) in [4.78, 5) is 12.3. The fourth-order valence-electron chi connectivity index (χ4n) is 2.54. The number of aryl methyl sites for hydroxylation is 1. The molecule has 1 aliphatic heterocycles. The highest BCUT2D eigenvalue weighted by Crippen LogP contribution is 2.37. The fourth-order valence-corrected chi connectivity index (χ4v) is 2.54. The van der Waals surface area contributed by atoms with Gasteiger partial charge < -0.3 is 25.2 Å². The maximum atomic E-state index is 10.2. The Labute approximate surface area is 119 Å². The molecular formula is C12H16N4O5. The van der Waals surface area contributed by atoms with Gasteiger partial charge in [-0.15, -0.1) is 0 Å². The smallest absolute Gasteiger partial charge is 0.166 e. The second kappa shape index (κ2) is 4.97. The van der Waals surface area contributed by atoms with Gasteiger partial charge in [0.05, 0.1) is 25.2 Å². The van der Waals surface area contributed by atoms with Gasteiger partial charge in [0, 0.05) is 0 Å². The zero-order valence-electron chi connectivity index (χ0n) is 11.3. The van der Waals surface area contributed by atoms with Crippen molar-refractivity contribution < 1.29 is 25.2 Å². The Morgan fingerprint density at radius 2 is 1.95 bits per heavy atom. The molecule has 0 bridgehead atoms. The summed E-state index contributed by atoms with van der Waals surface area (Å²) in [5, 5.41) is 39.0. The first-order valence-electron chi connectivity index (χ1n) is 6.44. The van der Waals surface area contributed by atoms with Crippen molar-refractivity contribution in [2.45, 2.75) is 31.0 Å². The molecule has 2 aromatic rings. The molecular weight excluding hydrogens is 280 g/mol. The molecule has 0 spiro atoms. The number of ether oxygens (including phenoxy) is 1. The molecule has 0 amide bonds. The SMILES string of the molecule is Cc1ncnc2c1ncn2[C@@H]1OC(CO)(CO)[C@@H](O)[C@H]1O. The third-order valence-corrected chi connectivity index (χ3v) is 3.86. The molecule has 1 saturated heterocycles. The number of hydrogen-bond donors (Lipinski definition) is 4. The van der Waals surface area contributed by atoms with Crippen molar-refractivity contribution in [3.05, 3.63) is 18.3 Å². The van der Waals surface area contributed by atoms with Crippen LogP contribution in [0.4, 0.5) is 0 Å². The van der Waals surface area contributed by atoms with Gasteiger partial charge in [0.2, 0.25) is 0 Å². The summed E-state index contributed by atoms with van der Waals surface area (Å²) < 4.78 is 6.98. The lowest BCUT2D eigenvalue weighted by Crippen LogP contribution is -2.49. The lowest BCUT2D eigenvalue weighted by molar-refractivity contribution is -0.149. The number of nitrogens with zero attached hydrogens (tertiary/aromatic N) is 4. The van der Waals surface area contributed by atoms with Crippen LogP contribution >= 0.6 is 0 Å². The largest absolute Gasteiger partial charge is 0.393 e. The lowest BCUT2D eigenvalue weighted by atomic mass is 9.97. The molecule has 21 heavy (non-hydrogen) atoms. The average molecular weight is 296 g/mol. The quantitative estimate of drug-likeness (QED) is 0.516. The van der Waals surface area contributed by atoms with E-state index in [-0.39, 0.29) is 0 Å².